The van der Waals surface area contributed by atoms with Crippen molar-refractivity contribution in [2.45, 2.75) is 38.5 Å². The molecule has 1 amide bonds. The number of hydrogen-bond donors (Lipinski definition) is 1. The van der Waals surface area contributed by atoms with Crippen LogP contribution in [0.4, 0.5) is 0 Å². The summed E-state index contributed by atoms with van der Waals surface area (Å²) in [5, 5.41) is 9.36. The lowest BCUT2D eigenvalue weighted by Crippen LogP contribution is -2.39. The summed E-state index contributed by atoms with van der Waals surface area (Å²) in [5.74, 6) is -0.273. The summed E-state index contributed by atoms with van der Waals surface area (Å²) < 4.78 is 0. The molecule has 0 atom stereocenters. The third-order valence-corrected chi connectivity index (χ3v) is 6.03. The Hall–Kier alpha value is -2.62. The number of fused-ring (bicyclic) bond motifs is 1. The number of likely N-dealkylation sites (tertiary alicyclic amines) is 1. The number of piperidine rings is 1. The molecule has 0 bridgehead atoms. The van der Waals surface area contributed by atoms with Crippen LogP contribution in [-0.2, 0) is 19.3 Å². The first-order valence-corrected chi connectivity index (χ1v) is 9.84. The molecule has 0 unspecified atom stereocenters. The quantitative estimate of drug-likeness (QED) is 0.894. The summed E-state index contributed by atoms with van der Waals surface area (Å²) in [7, 11) is 0. The van der Waals surface area contributed by atoms with Crippen LogP contribution in [0.2, 0.25) is 0 Å². The minimum atomic E-state index is -0.865. The fraction of sp³-hybridized carbons (Fsp3) is 0.391. The van der Waals surface area contributed by atoms with Gasteiger partial charge in [-0.2, -0.15) is 0 Å². The Morgan fingerprint density at radius 1 is 0.963 bits per heavy atom. The van der Waals surface area contributed by atoms with Gasteiger partial charge in [-0.15, -0.1) is 0 Å². The van der Waals surface area contributed by atoms with E-state index < -0.39 is 5.97 Å². The molecule has 1 aliphatic carbocycles. The highest BCUT2D eigenvalue weighted by molar-refractivity contribution is 5.96. The smallest absolute Gasteiger partial charge is 0.335 e. The van der Waals surface area contributed by atoms with Gasteiger partial charge in [0.15, 0.2) is 0 Å². The number of aromatic carboxylic acids is 1. The van der Waals surface area contributed by atoms with Crippen molar-refractivity contribution >= 4 is 11.9 Å². The molecule has 4 heteroatoms. The Kier molecular flexibility index (Phi) is 4.97. The lowest BCUT2D eigenvalue weighted by atomic mass is 9.88. The Labute approximate surface area is 159 Å². The lowest BCUT2D eigenvalue weighted by molar-refractivity contribution is 0.0689. The maximum atomic E-state index is 13.0. The predicted molar refractivity (Wildman–Crippen MR) is 104 cm³/mol. The van der Waals surface area contributed by atoms with Crippen molar-refractivity contribution in [1.29, 1.82) is 0 Å². The average Bonchev–Trinajstić information content (AvgIpc) is 3.17. The van der Waals surface area contributed by atoms with Gasteiger partial charge in [-0.3, -0.25) is 4.79 Å². The third-order valence-electron chi connectivity index (χ3n) is 6.03. The highest BCUT2D eigenvalue weighted by atomic mass is 16.4. The molecule has 0 spiro atoms. The Morgan fingerprint density at radius 3 is 2.48 bits per heavy atom. The van der Waals surface area contributed by atoms with E-state index in [2.05, 4.69) is 6.07 Å². The van der Waals surface area contributed by atoms with Crippen LogP contribution in [0.15, 0.2) is 42.5 Å². The minimum Gasteiger partial charge on any atom is -0.478 e. The molecule has 4 rings (SSSR count). The van der Waals surface area contributed by atoms with Gasteiger partial charge in [-0.05, 0) is 73.3 Å². The second-order valence-electron chi connectivity index (χ2n) is 7.70. The molecule has 1 fully saturated rings. The largest absolute Gasteiger partial charge is 0.478 e. The van der Waals surface area contributed by atoms with Gasteiger partial charge in [0.1, 0.15) is 0 Å². The van der Waals surface area contributed by atoms with E-state index in [4.69, 9.17) is 0 Å². The monoisotopic (exact) mass is 363 g/mol. The first kappa shape index (κ1) is 17.8. The van der Waals surface area contributed by atoms with Gasteiger partial charge in [0.2, 0.25) is 0 Å². The van der Waals surface area contributed by atoms with E-state index in [0.29, 0.717) is 11.5 Å². The highest BCUT2D eigenvalue weighted by Crippen LogP contribution is 2.28. The Bertz CT molecular complexity index is 866. The van der Waals surface area contributed by atoms with E-state index in [1.165, 1.54) is 11.1 Å². The zero-order valence-electron chi connectivity index (χ0n) is 15.5. The number of benzene rings is 2. The summed E-state index contributed by atoms with van der Waals surface area (Å²) in [5.41, 5.74) is 4.77. The van der Waals surface area contributed by atoms with E-state index in [1.807, 2.05) is 29.2 Å². The van der Waals surface area contributed by atoms with Crippen LogP contribution in [0.1, 0.15) is 56.7 Å². The second-order valence-corrected chi connectivity index (χ2v) is 7.70. The standard InChI is InChI=1S/C23H25NO3/c25-22(21-10-4-7-17-6-3-9-19(17)21)24-13-11-16(12-14-24)15-18-5-1-2-8-20(18)23(26)27/h1-2,4-5,7-8,10,16H,3,6,9,11-15H2,(H,26,27). The molecular formula is C23H25NO3. The van der Waals surface area contributed by atoms with Crippen molar-refractivity contribution < 1.29 is 14.7 Å². The predicted octanol–water partition coefficient (Wildman–Crippen LogP) is 3.97. The summed E-state index contributed by atoms with van der Waals surface area (Å²) in [4.78, 5) is 26.4. The van der Waals surface area contributed by atoms with Crippen molar-refractivity contribution in [2.24, 2.45) is 5.92 Å². The first-order valence-electron chi connectivity index (χ1n) is 9.84. The zero-order valence-corrected chi connectivity index (χ0v) is 15.5. The molecule has 2 aliphatic rings. The number of carboxylic acids is 1. The van der Waals surface area contributed by atoms with Gasteiger partial charge < -0.3 is 10.0 Å². The molecule has 2 aromatic rings. The fourth-order valence-corrected chi connectivity index (χ4v) is 4.55. The number of aryl methyl sites for hydroxylation is 1. The molecule has 1 heterocycles. The van der Waals surface area contributed by atoms with Crippen LogP contribution in [0.3, 0.4) is 0 Å². The molecule has 0 aromatic heterocycles. The number of carbonyl (C=O) groups excluding carboxylic acids is 1. The molecule has 1 saturated heterocycles. The molecule has 1 N–H and O–H groups in total. The van der Waals surface area contributed by atoms with Gasteiger partial charge in [0, 0.05) is 18.7 Å². The van der Waals surface area contributed by atoms with Crippen LogP contribution in [0, 0.1) is 5.92 Å². The molecule has 140 valence electrons. The van der Waals surface area contributed by atoms with Gasteiger partial charge in [-0.1, -0.05) is 30.3 Å². The van der Waals surface area contributed by atoms with E-state index in [-0.39, 0.29) is 5.91 Å². The maximum absolute atomic E-state index is 13.0. The summed E-state index contributed by atoms with van der Waals surface area (Å²) in [6.07, 6.45) is 5.86. The van der Waals surface area contributed by atoms with Gasteiger partial charge in [0.25, 0.3) is 5.91 Å². The zero-order chi connectivity index (χ0) is 18.8. The van der Waals surface area contributed by atoms with Crippen molar-refractivity contribution in [3.8, 4) is 0 Å². The van der Waals surface area contributed by atoms with E-state index in [0.717, 1.165) is 62.7 Å². The van der Waals surface area contributed by atoms with Crippen LogP contribution >= 0.6 is 0 Å². The molecule has 0 saturated carbocycles. The van der Waals surface area contributed by atoms with Gasteiger partial charge >= 0.3 is 5.97 Å². The number of amides is 1. The van der Waals surface area contributed by atoms with E-state index in [1.54, 1.807) is 12.1 Å². The van der Waals surface area contributed by atoms with Crippen LogP contribution in [0.5, 0.6) is 0 Å². The number of nitrogens with zero attached hydrogens (tertiary/aromatic N) is 1. The number of carbonyl (C=O) groups is 2. The fourth-order valence-electron chi connectivity index (χ4n) is 4.55. The summed E-state index contributed by atoms with van der Waals surface area (Å²) >= 11 is 0. The lowest BCUT2D eigenvalue weighted by Gasteiger charge is -2.32. The molecule has 1 aliphatic heterocycles. The maximum Gasteiger partial charge on any atom is 0.335 e. The molecule has 2 aromatic carbocycles. The van der Waals surface area contributed by atoms with Crippen molar-refractivity contribution in [3.05, 3.63) is 70.3 Å². The topological polar surface area (TPSA) is 57.6 Å². The van der Waals surface area contributed by atoms with Crippen LogP contribution < -0.4 is 0 Å². The highest BCUT2D eigenvalue weighted by Gasteiger charge is 2.27. The Morgan fingerprint density at radius 2 is 1.70 bits per heavy atom. The average molecular weight is 363 g/mol. The molecule has 4 nitrogen and oxygen atoms in total. The van der Waals surface area contributed by atoms with Crippen LogP contribution in [0.25, 0.3) is 0 Å². The number of carboxylic acid groups (broad SMARTS) is 1. The minimum absolute atomic E-state index is 0.165. The van der Waals surface area contributed by atoms with Gasteiger partial charge in [0.05, 0.1) is 5.56 Å². The summed E-state index contributed by atoms with van der Waals surface area (Å²) in [6, 6.07) is 13.4. The third kappa shape index (κ3) is 3.61. The number of hydrogen-bond acceptors (Lipinski definition) is 2. The molecule has 0 radical (unpaired) electrons. The van der Waals surface area contributed by atoms with Crippen LogP contribution in [-0.4, -0.2) is 35.0 Å². The first-order chi connectivity index (χ1) is 13.1. The molecule has 27 heavy (non-hydrogen) atoms. The normalized spacial score (nSPS) is 17.0. The SMILES string of the molecule is O=C(O)c1ccccc1CC1CCN(C(=O)c2cccc3c2CCC3)CC1. The van der Waals surface area contributed by atoms with Crippen molar-refractivity contribution in [2.75, 3.05) is 13.1 Å². The van der Waals surface area contributed by atoms with Gasteiger partial charge in [-0.25, -0.2) is 4.79 Å². The van der Waals surface area contributed by atoms with E-state index in [9.17, 15) is 14.7 Å². The van der Waals surface area contributed by atoms with Crippen molar-refractivity contribution in [3.63, 3.8) is 0 Å². The Balaban J connectivity index is 1.40. The van der Waals surface area contributed by atoms with Crippen molar-refractivity contribution in [1.82, 2.24) is 4.90 Å². The second kappa shape index (κ2) is 7.55. The van der Waals surface area contributed by atoms with E-state index >= 15 is 0 Å². The number of rotatable bonds is 4. The summed E-state index contributed by atoms with van der Waals surface area (Å²) in [6.45, 7) is 1.50. The molecular weight excluding hydrogens is 338 g/mol.